The minimum atomic E-state index is -0.123. The van der Waals surface area contributed by atoms with Crippen LogP contribution in [0.4, 0.5) is 5.69 Å². The monoisotopic (exact) mass is 284 g/mol. The summed E-state index contributed by atoms with van der Waals surface area (Å²) >= 11 is 0. The Balaban J connectivity index is 1.85. The van der Waals surface area contributed by atoms with Gasteiger partial charge in [-0.25, -0.2) is 4.98 Å². The quantitative estimate of drug-likeness (QED) is 0.767. The van der Waals surface area contributed by atoms with E-state index in [1.807, 2.05) is 24.4 Å². The third kappa shape index (κ3) is 4.87. The van der Waals surface area contributed by atoms with E-state index in [0.717, 1.165) is 24.1 Å². The van der Waals surface area contributed by atoms with E-state index < -0.39 is 0 Å². The highest BCUT2D eigenvalue weighted by Crippen LogP contribution is 2.08. The molecule has 0 bridgehead atoms. The highest BCUT2D eigenvalue weighted by atomic mass is 16.1. The summed E-state index contributed by atoms with van der Waals surface area (Å²) in [5.41, 5.74) is 2.42. The van der Waals surface area contributed by atoms with E-state index in [9.17, 15) is 4.79 Å². The van der Waals surface area contributed by atoms with Crippen LogP contribution in [0.15, 0.2) is 42.9 Å². The number of carbonyl (C=O) groups is 1. The van der Waals surface area contributed by atoms with Crippen molar-refractivity contribution < 1.29 is 4.79 Å². The Kier molecular flexibility index (Phi) is 5.70. The maximum Gasteiger partial charge on any atom is 0.269 e. The predicted molar refractivity (Wildman–Crippen MR) is 83.0 cm³/mol. The molecule has 0 fully saturated rings. The van der Waals surface area contributed by atoms with E-state index in [2.05, 4.69) is 27.5 Å². The Hall–Kier alpha value is -2.43. The fourth-order valence-corrected chi connectivity index (χ4v) is 1.81. The van der Waals surface area contributed by atoms with Crippen LogP contribution in [0.25, 0.3) is 0 Å². The zero-order chi connectivity index (χ0) is 14.9. The van der Waals surface area contributed by atoms with Gasteiger partial charge in [0.1, 0.15) is 5.69 Å². The topological polar surface area (TPSA) is 66.9 Å². The molecule has 21 heavy (non-hydrogen) atoms. The first-order valence-corrected chi connectivity index (χ1v) is 7.16. The second-order valence-electron chi connectivity index (χ2n) is 4.76. The zero-order valence-corrected chi connectivity index (χ0v) is 12.2. The van der Waals surface area contributed by atoms with E-state index in [1.54, 1.807) is 18.5 Å². The molecule has 2 aromatic heterocycles. The van der Waals surface area contributed by atoms with E-state index in [0.29, 0.717) is 18.8 Å². The smallest absolute Gasteiger partial charge is 0.269 e. The lowest BCUT2D eigenvalue weighted by Gasteiger charge is -2.07. The summed E-state index contributed by atoms with van der Waals surface area (Å²) in [7, 11) is 0. The molecule has 2 heterocycles. The largest absolute Gasteiger partial charge is 0.380 e. The average Bonchev–Trinajstić information content (AvgIpc) is 2.54. The molecule has 2 N–H and O–H groups in total. The van der Waals surface area contributed by atoms with Crippen molar-refractivity contribution in [1.82, 2.24) is 15.3 Å². The van der Waals surface area contributed by atoms with Crippen LogP contribution in [-0.4, -0.2) is 22.4 Å². The summed E-state index contributed by atoms with van der Waals surface area (Å²) in [6, 6.07) is 7.49. The molecule has 5 heteroatoms. The van der Waals surface area contributed by atoms with Crippen molar-refractivity contribution >= 4 is 11.6 Å². The fraction of sp³-hybridized carbons (Fsp3) is 0.312. The number of anilines is 1. The van der Waals surface area contributed by atoms with Gasteiger partial charge in [0.05, 0.1) is 11.9 Å². The number of nitrogens with one attached hydrogen (secondary N) is 2. The van der Waals surface area contributed by atoms with Gasteiger partial charge in [-0.2, -0.15) is 0 Å². The Labute approximate surface area is 124 Å². The molecule has 1 amide bonds. The molecule has 2 aromatic rings. The molecule has 0 aliphatic heterocycles. The van der Waals surface area contributed by atoms with Gasteiger partial charge in [0.25, 0.3) is 5.91 Å². The third-order valence-electron chi connectivity index (χ3n) is 3.03. The van der Waals surface area contributed by atoms with Gasteiger partial charge in [0, 0.05) is 25.5 Å². The molecule has 0 saturated carbocycles. The fourth-order valence-electron chi connectivity index (χ4n) is 1.81. The number of unbranched alkanes of at least 4 members (excludes halogenated alkanes) is 1. The molecule has 0 unspecified atom stereocenters. The molecular weight excluding hydrogens is 264 g/mol. The second-order valence-corrected chi connectivity index (χ2v) is 4.76. The van der Waals surface area contributed by atoms with Gasteiger partial charge >= 0.3 is 0 Å². The highest BCUT2D eigenvalue weighted by Gasteiger charge is 2.05. The zero-order valence-electron chi connectivity index (χ0n) is 12.2. The maximum atomic E-state index is 11.8. The minimum absolute atomic E-state index is 0.123. The van der Waals surface area contributed by atoms with Gasteiger partial charge in [-0.3, -0.25) is 9.78 Å². The van der Waals surface area contributed by atoms with Crippen molar-refractivity contribution in [1.29, 1.82) is 0 Å². The summed E-state index contributed by atoms with van der Waals surface area (Å²) in [6.07, 6.45) is 7.28. The van der Waals surface area contributed by atoms with Crippen molar-refractivity contribution in [2.45, 2.75) is 26.3 Å². The van der Waals surface area contributed by atoms with E-state index in [4.69, 9.17) is 0 Å². The number of rotatable bonds is 7. The van der Waals surface area contributed by atoms with Crippen LogP contribution in [0.3, 0.4) is 0 Å². The summed E-state index contributed by atoms with van der Waals surface area (Å²) in [6.45, 7) is 3.46. The molecule has 0 aromatic carbocycles. The highest BCUT2D eigenvalue weighted by molar-refractivity contribution is 5.92. The lowest BCUT2D eigenvalue weighted by molar-refractivity contribution is 0.0948. The van der Waals surface area contributed by atoms with Gasteiger partial charge in [-0.1, -0.05) is 19.4 Å². The Morgan fingerprint density at radius 1 is 1.24 bits per heavy atom. The van der Waals surface area contributed by atoms with E-state index in [1.165, 1.54) is 0 Å². The normalized spacial score (nSPS) is 10.1. The number of carbonyl (C=O) groups excluding carboxylic acids is 1. The summed E-state index contributed by atoms with van der Waals surface area (Å²) in [5, 5.41) is 6.09. The van der Waals surface area contributed by atoms with Crippen LogP contribution < -0.4 is 10.6 Å². The molecule has 5 nitrogen and oxygen atoms in total. The van der Waals surface area contributed by atoms with Crippen LogP contribution >= 0.6 is 0 Å². The van der Waals surface area contributed by atoms with Gasteiger partial charge < -0.3 is 10.6 Å². The molecule has 0 saturated heterocycles. The molecular formula is C16H20N4O. The summed E-state index contributed by atoms with van der Waals surface area (Å²) < 4.78 is 0. The number of hydrogen-bond acceptors (Lipinski definition) is 4. The van der Waals surface area contributed by atoms with Gasteiger partial charge in [0.2, 0.25) is 0 Å². The minimum Gasteiger partial charge on any atom is -0.380 e. The number of hydrogen-bond donors (Lipinski definition) is 2. The third-order valence-corrected chi connectivity index (χ3v) is 3.03. The molecule has 0 aliphatic carbocycles. The van der Waals surface area contributed by atoms with Crippen molar-refractivity contribution in [3.8, 4) is 0 Å². The van der Waals surface area contributed by atoms with Crippen molar-refractivity contribution in [3.05, 3.63) is 54.1 Å². The van der Waals surface area contributed by atoms with Crippen molar-refractivity contribution in [2.75, 3.05) is 11.9 Å². The molecule has 0 atom stereocenters. The van der Waals surface area contributed by atoms with Crippen LogP contribution in [-0.2, 0) is 6.54 Å². The Morgan fingerprint density at radius 2 is 2.14 bits per heavy atom. The second kappa shape index (κ2) is 7.99. The van der Waals surface area contributed by atoms with Crippen molar-refractivity contribution in [2.24, 2.45) is 0 Å². The van der Waals surface area contributed by atoms with Gasteiger partial charge in [-0.05, 0) is 30.2 Å². The molecule has 2 rings (SSSR count). The van der Waals surface area contributed by atoms with Crippen molar-refractivity contribution in [3.63, 3.8) is 0 Å². The first-order valence-electron chi connectivity index (χ1n) is 7.16. The molecule has 0 radical (unpaired) electrons. The standard InChI is InChI=1S/C16H20N4O/c1-2-3-9-18-16(21)15-7-6-14(12-20-15)19-11-13-5-4-8-17-10-13/h4-8,10,12,19H,2-3,9,11H2,1H3,(H,18,21). The summed E-state index contributed by atoms with van der Waals surface area (Å²) in [4.78, 5) is 20.0. The average molecular weight is 284 g/mol. The molecule has 0 aliphatic rings. The van der Waals surface area contributed by atoms with Gasteiger partial charge in [-0.15, -0.1) is 0 Å². The first-order chi connectivity index (χ1) is 10.3. The Morgan fingerprint density at radius 3 is 2.81 bits per heavy atom. The van der Waals surface area contributed by atoms with Crippen LogP contribution in [0.1, 0.15) is 35.8 Å². The Bertz CT molecular complexity index is 554. The maximum absolute atomic E-state index is 11.8. The molecule has 110 valence electrons. The summed E-state index contributed by atoms with van der Waals surface area (Å²) in [5.74, 6) is -0.123. The number of nitrogens with zero attached hydrogens (tertiary/aromatic N) is 2. The van der Waals surface area contributed by atoms with Crippen LogP contribution in [0.2, 0.25) is 0 Å². The van der Waals surface area contributed by atoms with E-state index >= 15 is 0 Å². The predicted octanol–water partition coefficient (Wildman–Crippen LogP) is 2.62. The van der Waals surface area contributed by atoms with Crippen LogP contribution in [0, 0.1) is 0 Å². The lowest BCUT2D eigenvalue weighted by atomic mass is 10.2. The number of aromatic nitrogens is 2. The van der Waals surface area contributed by atoms with E-state index in [-0.39, 0.29) is 5.91 Å². The first kappa shape index (κ1) is 15.0. The SMILES string of the molecule is CCCCNC(=O)c1ccc(NCc2cccnc2)cn1. The molecule has 0 spiro atoms. The number of amides is 1. The van der Waals surface area contributed by atoms with Gasteiger partial charge in [0.15, 0.2) is 0 Å². The lowest BCUT2D eigenvalue weighted by Crippen LogP contribution is -2.25. The van der Waals surface area contributed by atoms with Crippen LogP contribution in [0.5, 0.6) is 0 Å². The number of pyridine rings is 2.